The third-order valence-electron chi connectivity index (χ3n) is 4.02. The third-order valence-corrected chi connectivity index (χ3v) is 4.02. The zero-order chi connectivity index (χ0) is 18.4. The molecule has 0 atom stereocenters. The number of aromatic nitrogens is 1. The molecule has 1 aromatic rings. The first-order valence-corrected chi connectivity index (χ1v) is 8.49. The van der Waals surface area contributed by atoms with Crippen molar-refractivity contribution in [2.45, 2.75) is 39.2 Å². The Kier molecular flexibility index (Phi) is 6.17. The van der Waals surface area contributed by atoms with Gasteiger partial charge >= 0.3 is 12.1 Å². The van der Waals surface area contributed by atoms with E-state index in [0.717, 1.165) is 24.1 Å². The largest absolute Gasteiger partial charge is 0.466 e. The molecule has 1 saturated heterocycles. The predicted octanol–water partition coefficient (Wildman–Crippen LogP) is 3.29. The van der Waals surface area contributed by atoms with E-state index in [1.807, 2.05) is 39.0 Å². The van der Waals surface area contributed by atoms with Gasteiger partial charge in [0, 0.05) is 25.4 Å². The van der Waals surface area contributed by atoms with Crippen molar-refractivity contribution in [3.05, 3.63) is 36.2 Å². The highest BCUT2D eigenvalue weighted by molar-refractivity contribution is 5.91. The van der Waals surface area contributed by atoms with Crippen molar-refractivity contribution in [1.82, 2.24) is 9.88 Å². The molecule has 1 aliphatic rings. The molecule has 0 saturated carbocycles. The van der Waals surface area contributed by atoms with Gasteiger partial charge in [-0.05, 0) is 57.2 Å². The molecule has 1 aromatic heterocycles. The van der Waals surface area contributed by atoms with Gasteiger partial charge in [-0.15, -0.1) is 0 Å². The van der Waals surface area contributed by atoms with E-state index in [2.05, 4.69) is 4.98 Å². The van der Waals surface area contributed by atoms with E-state index in [1.54, 1.807) is 11.1 Å². The smallest absolute Gasteiger partial charge is 0.410 e. The second-order valence-corrected chi connectivity index (χ2v) is 7.08. The Morgan fingerprint density at radius 3 is 2.44 bits per heavy atom. The molecule has 0 radical (unpaired) electrons. The van der Waals surface area contributed by atoms with Crippen LogP contribution in [0.5, 0.6) is 0 Å². The maximum absolute atomic E-state index is 12.2. The molecule has 1 aliphatic heterocycles. The number of nitrogens with zero attached hydrogens (tertiary/aromatic N) is 2. The molecule has 6 heteroatoms. The summed E-state index contributed by atoms with van der Waals surface area (Å²) >= 11 is 0. The molecule has 6 nitrogen and oxygen atoms in total. The van der Waals surface area contributed by atoms with Crippen molar-refractivity contribution >= 4 is 17.6 Å². The molecular formula is C19H26N2O4. The van der Waals surface area contributed by atoms with Crippen LogP contribution in [0, 0.1) is 5.92 Å². The number of piperidine rings is 1. The van der Waals surface area contributed by atoms with E-state index in [-0.39, 0.29) is 12.0 Å². The number of carbonyl (C=O) groups is 2. The summed E-state index contributed by atoms with van der Waals surface area (Å²) in [6.45, 7) is 6.75. The standard InChI is InChI=1S/C19H26N2O4/c1-19(2,3)25-18(23)21-11-8-14(9-12-21)15(13-17(22)24-4)16-7-5-6-10-20-16/h5-7,10,13-14H,8-9,11-12H2,1-4H3/b15-13+. The third kappa shape index (κ3) is 5.59. The first-order valence-electron chi connectivity index (χ1n) is 8.49. The Labute approximate surface area is 148 Å². The van der Waals surface area contributed by atoms with Gasteiger partial charge in [-0.2, -0.15) is 0 Å². The van der Waals surface area contributed by atoms with E-state index in [9.17, 15) is 9.59 Å². The summed E-state index contributed by atoms with van der Waals surface area (Å²) in [6, 6.07) is 5.61. The van der Waals surface area contributed by atoms with Gasteiger partial charge in [0.25, 0.3) is 0 Å². The number of amides is 1. The van der Waals surface area contributed by atoms with E-state index < -0.39 is 11.6 Å². The number of pyridine rings is 1. The van der Waals surface area contributed by atoms with Gasteiger partial charge in [0.1, 0.15) is 5.60 Å². The van der Waals surface area contributed by atoms with E-state index >= 15 is 0 Å². The molecule has 25 heavy (non-hydrogen) atoms. The number of ether oxygens (including phenoxy) is 2. The molecule has 0 bridgehead atoms. The van der Waals surface area contributed by atoms with Crippen LogP contribution in [-0.4, -0.2) is 47.7 Å². The van der Waals surface area contributed by atoms with Crippen LogP contribution >= 0.6 is 0 Å². The van der Waals surface area contributed by atoms with Crippen molar-refractivity contribution in [2.75, 3.05) is 20.2 Å². The molecule has 0 aliphatic carbocycles. The number of likely N-dealkylation sites (tertiary alicyclic amines) is 1. The minimum Gasteiger partial charge on any atom is -0.466 e. The van der Waals surface area contributed by atoms with Crippen molar-refractivity contribution in [2.24, 2.45) is 5.92 Å². The van der Waals surface area contributed by atoms with Crippen LogP contribution in [0.1, 0.15) is 39.3 Å². The van der Waals surface area contributed by atoms with Gasteiger partial charge in [-0.25, -0.2) is 9.59 Å². The first-order chi connectivity index (χ1) is 11.8. The van der Waals surface area contributed by atoms with Gasteiger partial charge in [0.15, 0.2) is 0 Å². The van der Waals surface area contributed by atoms with E-state index in [1.165, 1.54) is 13.2 Å². The molecule has 0 unspecified atom stereocenters. The average molecular weight is 346 g/mol. The van der Waals surface area contributed by atoms with Crippen LogP contribution in [0.25, 0.3) is 5.57 Å². The summed E-state index contributed by atoms with van der Waals surface area (Å²) in [4.78, 5) is 30.0. The molecule has 0 spiro atoms. The van der Waals surface area contributed by atoms with Crippen molar-refractivity contribution in [3.8, 4) is 0 Å². The Morgan fingerprint density at radius 2 is 1.92 bits per heavy atom. The number of hydrogen-bond donors (Lipinski definition) is 0. The van der Waals surface area contributed by atoms with Crippen molar-refractivity contribution in [3.63, 3.8) is 0 Å². The fourth-order valence-corrected chi connectivity index (χ4v) is 2.82. The van der Waals surface area contributed by atoms with Gasteiger partial charge in [0.2, 0.25) is 0 Å². The number of carbonyl (C=O) groups excluding carboxylic acids is 2. The van der Waals surface area contributed by atoms with Gasteiger partial charge in [-0.3, -0.25) is 4.98 Å². The fourth-order valence-electron chi connectivity index (χ4n) is 2.82. The van der Waals surface area contributed by atoms with Gasteiger partial charge < -0.3 is 14.4 Å². The van der Waals surface area contributed by atoms with Crippen molar-refractivity contribution in [1.29, 1.82) is 0 Å². The number of methoxy groups -OCH3 is 1. The van der Waals surface area contributed by atoms with E-state index in [4.69, 9.17) is 9.47 Å². The second kappa shape index (κ2) is 8.14. The number of rotatable bonds is 3. The summed E-state index contributed by atoms with van der Waals surface area (Å²) in [7, 11) is 1.36. The molecule has 1 amide bonds. The monoisotopic (exact) mass is 346 g/mol. The van der Waals surface area contributed by atoms with Gasteiger partial charge in [-0.1, -0.05) is 6.07 Å². The zero-order valence-corrected chi connectivity index (χ0v) is 15.3. The van der Waals surface area contributed by atoms with Crippen LogP contribution in [0.2, 0.25) is 0 Å². The highest BCUT2D eigenvalue weighted by Gasteiger charge is 2.29. The quantitative estimate of drug-likeness (QED) is 0.620. The van der Waals surface area contributed by atoms with Gasteiger partial charge in [0.05, 0.1) is 12.8 Å². The summed E-state index contributed by atoms with van der Waals surface area (Å²) in [5, 5.41) is 0. The molecule has 2 heterocycles. The Bertz CT molecular complexity index is 627. The molecule has 1 fully saturated rings. The number of allylic oxidation sites excluding steroid dienone is 1. The van der Waals surface area contributed by atoms with Crippen LogP contribution in [0.15, 0.2) is 30.5 Å². The summed E-state index contributed by atoms with van der Waals surface area (Å²) in [5.74, 6) is -0.247. The molecular weight excluding hydrogens is 320 g/mol. The lowest BCUT2D eigenvalue weighted by Crippen LogP contribution is -2.42. The minimum absolute atomic E-state index is 0.146. The number of esters is 1. The maximum atomic E-state index is 12.2. The normalized spacial score (nSPS) is 16.5. The summed E-state index contributed by atoms with van der Waals surface area (Å²) in [6.07, 6.45) is 4.42. The maximum Gasteiger partial charge on any atom is 0.410 e. The van der Waals surface area contributed by atoms with Crippen LogP contribution in [-0.2, 0) is 14.3 Å². The Balaban J connectivity index is 2.09. The predicted molar refractivity (Wildman–Crippen MR) is 94.8 cm³/mol. The lowest BCUT2D eigenvalue weighted by atomic mass is 9.87. The molecule has 136 valence electrons. The molecule has 0 N–H and O–H groups in total. The van der Waals surface area contributed by atoms with Crippen LogP contribution in [0.4, 0.5) is 4.79 Å². The fraction of sp³-hybridized carbons (Fsp3) is 0.526. The lowest BCUT2D eigenvalue weighted by molar-refractivity contribution is -0.134. The number of hydrogen-bond acceptors (Lipinski definition) is 5. The summed E-state index contributed by atoms with van der Waals surface area (Å²) < 4.78 is 10.2. The average Bonchev–Trinajstić information content (AvgIpc) is 2.59. The van der Waals surface area contributed by atoms with Crippen molar-refractivity contribution < 1.29 is 19.1 Å². The minimum atomic E-state index is -0.502. The second-order valence-electron chi connectivity index (χ2n) is 7.08. The van der Waals surface area contributed by atoms with Crippen LogP contribution in [0.3, 0.4) is 0 Å². The zero-order valence-electron chi connectivity index (χ0n) is 15.3. The highest BCUT2D eigenvalue weighted by Crippen LogP contribution is 2.31. The summed E-state index contributed by atoms with van der Waals surface area (Å²) in [5.41, 5.74) is 1.12. The topological polar surface area (TPSA) is 68.7 Å². The lowest BCUT2D eigenvalue weighted by Gasteiger charge is -2.34. The SMILES string of the molecule is COC(=O)/C=C(/c1ccccn1)C1CCN(C(=O)OC(C)(C)C)CC1. The van der Waals surface area contributed by atoms with E-state index in [0.29, 0.717) is 13.1 Å². The highest BCUT2D eigenvalue weighted by atomic mass is 16.6. The molecule has 0 aromatic carbocycles. The van der Waals surface area contributed by atoms with Crippen LogP contribution < -0.4 is 0 Å². The first kappa shape index (κ1) is 19.0. The Hall–Kier alpha value is -2.37. The Morgan fingerprint density at radius 1 is 1.24 bits per heavy atom. The molecule has 2 rings (SSSR count).